The van der Waals surface area contributed by atoms with Crippen LogP contribution in [-0.2, 0) is 19.4 Å². The van der Waals surface area contributed by atoms with Crippen LogP contribution in [0.5, 0.6) is 0 Å². The predicted molar refractivity (Wildman–Crippen MR) is 80.0 cm³/mol. The Hall–Kier alpha value is -1.35. The molecule has 0 aromatic rings. The molecule has 2 aliphatic rings. The van der Waals surface area contributed by atoms with E-state index in [4.69, 9.17) is 5.11 Å². The van der Waals surface area contributed by atoms with Gasteiger partial charge in [0.2, 0.25) is 5.91 Å². The molecule has 0 aromatic heterocycles. The number of amides is 1. The van der Waals surface area contributed by atoms with Crippen molar-refractivity contribution in [1.29, 1.82) is 0 Å². The Bertz CT molecular complexity index is 599. The van der Waals surface area contributed by atoms with Gasteiger partial charge < -0.3 is 10.0 Å². The first-order valence-electron chi connectivity index (χ1n) is 6.40. The highest BCUT2D eigenvalue weighted by Crippen LogP contribution is 2.37. The Morgan fingerprint density at radius 2 is 2.14 bits per heavy atom. The zero-order valence-corrected chi connectivity index (χ0v) is 12.9. The first-order valence-corrected chi connectivity index (χ1v) is 9.10. The van der Waals surface area contributed by atoms with Crippen LogP contribution in [0, 0.1) is 0 Å². The molecule has 7 nitrogen and oxygen atoms in total. The predicted octanol–water partition coefficient (Wildman–Crippen LogP) is 0.134. The summed E-state index contributed by atoms with van der Waals surface area (Å²) in [5.74, 6) is -1.41. The highest BCUT2D eigenvalue weighted by molar-refractivity contribution is 8.15. The van der Waals surface area contributed by atoms with Gasteiger partial charge in [-0.25, -0.2) is 8.42 Å². The van der Waals surface area contributed by atoms with E-state index in [-0.39, 0.29) is 35.6 Å². The van der Waals surface area contributed by atoms with Gasteiger partial charge in [0, 0.05) is 18.2 Å². The van der Waals surface area contributed by atoms with E-state index < -0.39 is 21.7 Å². The number of sulfone groups is 1. The Morgan fingerprint density at radius 3 is 2.76 bits per heavy atom. The molecule has 2 aliphatic heterocycles. The molecule has 0 bridgehead atoms. The molecular weight excluding hydrogens is 316 g/mol. The molecule has 0 aliphatic carbocycles. The first-order chi connectivity index (χ1) is 9.82. The molecule has 0 radical (unpaired) electrons. The maximum Gasteiger partial charge on any atom is 0.303 e. The van der Waals surface area contributed by atoms with Gasteiger partial charge in [0.25, 0.3) is 0 Å². The Kier molecular flexibility index (Phi) is 4.72. The highest BCUT2D eigenvalue weighted by atomic mass is 32.2. The number of nitrogens with zero attached hydrogens (tertiary/aromatic N) is 2. The Labute approximate surface area is 127 Å². The van der Waals surface area contributed by atoms with Crippen LogP contribution in [-0.4, -0.2) is 64.8 Å². The molecule has 21 heavy (non-hydrogen) atoms. The normalized spacial score (nSPS) is 28.6. The van der Waals surface area contributed by atoms with E-state index in [0.29, 0.717) is 11.7 Å². The highest BCUT2D eigenvalue weighted by Gasteiger charge is 2.48. The van der Waals surface area contributed by atoms with Gasteiger partial charge in [-0.05, 0) is 0 Å². The quantitative estimate of drug-likeness (QED) is 0.714. The summed E-state index contributed by atoms with van der Waals surface area (Å²) < 4.78 is 23.3. The zero-order valence-electron chi connectivity index (χ0n) is 11.3. The largest absolute Gasteiger partial charge is 0.481 e. The van der Waals surface area contributed by atoms with Crippen LogP contribution in [0.4, 0.5) is 0 Å². The molecule has 1 amide bonds. The zero-order chi connectivity index (χ0) is 15.6. The standard InChI is InChI=1S/C12H16N2O5S2/c1-2-5-14-8-6-21(18,19)7-9(8)20-12(14)13-10(15)3-4-11(16)17/h2,8-9H,1,3-7H2,(H,16,17)/t8-,9+/m1/s1. The molecule has 0 aromatic carbocycles. The van der Waals surface area contributed by atoms with Crippen LogP contribution in [0.25, 0.3) is 0 Å². The molecule has 1 N–H and O–H groups in total. The number of carboxylic acids is 1. The van der Waals surface area contributed by atoms with Crippen LogP contribution in [0.15, 0.2) is 17.6 Å². The molecule has 2 heterocycles. The molecule has 2 rings (SSSR count). The third-order valence-electron chi connectivity index (χ3n) is 3.27. The Balaban J connectivity index is 2.12. The third-order valence-corrected chi connectivity index (χ3v) is 6.52. The lowest BCUT2D eigenvalue weighted by Gasteiger charge is -2.22. The summed E-state index contributed by atoms with van der Waals surface area (Å²) in [6.07, 6.45) is 1.21. The second kappa shape index (κ2) is 6.18. The number of aliphatic carboxylic acids is 1. The number of hydrogen-bond donors (Lipinski definition) is 1. The average Bonchev–Trinajstić information content (AvgIpc) is 2.81. The van der Waals surface area contributed by atoms with Gasteiger partial charge in [0.1, 0.15) is 0 Å². The minimum absolute atomic E-state index is 0.0564. The monoisotopic (exact) mass is 332 g/mol. The number of thioether (sulfide) groups is 1. The van der Waals surface area contributed by atoms with Crippen molar-refractivity contribution in [1.82, 2.24) is 4.90 Å². The van der Waals surface area contributed by atoms with E-state index in [1.165, 1.54) is 11.8 Å². The molecule has 0 saturated carbocycles. The molecule has 0 spiro atoms. The molecule has 0 unspecified atom stereocenters. The second-order valence-electron chi connectivity index (χ2n) is 4.92. The van der Waals surface area contributed by atoms with Gasteiger partial charge in [0.15, 0.2) is 15.0 Å². The number of rotatable bonds is 5. The lowest BCUT2D eigenvalue weighted by Crippen LogP contribution is -2.37. The summed E-state index contributed by atoms with van der Waals surface area (Å²) in [6, 6.07) is -0.191. The minimum atomic E-state index is -3.04. The topological polar surface area (TPSA) is 104 Å². The number of carboxylic acid groups (broad SMARTS) is 1. The van der Waals surface area contributed by atoms with Crippen molar-refractivity contribution in [3.05, 3.63) is 12.7 Å². The molecule has 2 atom stereocenters. The van der Waals surface area contributed by atoms with E-state index in [0.717, 1.165) is 0 Å². The molecule has 9 heteroatoms. The van der Waals surface area contributed by atoms with Crippen molar-refractivity contribution in [2.24, 2.45) is 4.99 Å². The number of carbonyl (C=O) groups excluding carboxylic acids is 1. The number of carbonyl (C=O) groups is 2. The van der Waals surface area contributed by atoms with Crippen molar-refractivity contribution in [3.63, 3.8) is 0 Å². The van der Waals surface area contributed by atoms with Gasteiger partial charge in [-0.15, -0.1) is 6.58 Å². The van der Waals surface area contributed by atoms with Crippen molar-refractivity contribution >= 4 is 38.6 Å². The van der Waals surface area contributed by atoms with Gasteiger partial charge in [-0.3, -0.25) is 9.59 Å². The summed E-state index contributed by atoms with van der Waals surface area (Å²) in [4.78, 5) is 27.8. The summed E-state index contributed by atoms with van der Waals surface area (Å²) in [7, 11) is -3.04. The lowest BCUT2D eigenvalue weighted by molar-refractivity contribution is -0.138. The average molecular weight is 332 g/mol. The van der Waals surface area contributed by atoms with Gasteiger partial charge in [-0.2, -0.15) is 4.99 Å². The van der Waals surface area contributed by atoms with Crippen molar-refractivity contribution in [3.8, 4) is 0 Å². The van der Waals surface area contributed by atoms with Gasteiger partial charge >= 0.3 is 5.97 Å². The minimum Gasteiger partial charge on any atom is -0.481 e. The Morgan fingerprint density at radius 1 is 1.43 bits per heavy atom. The van der Waals surface area contributed by atoms with Crippen molar-refractivity contribution in [2.75, 3.05) is 18.1 Å². The maximum absolute atomic E-state index is 11.7. The van der Waals surface area contributed by atoms with Crippen molar-refractivity contribution in [2.45, 2.75) is 24.1 Å². The van der Waals surface area contributed by atoms with E-state index in [9.17, 15) is 18.0 Å². The van der Waals surface area contributed by atoms with E-state index in [1.807, 2.05) is 0 Å². The first kappa shape index (κ1) is 16.0. The van der Waals surface area contributed by atoms with Crippen LogP contribution in [0.3, 0.4) is 0 Å². The van der Waals surface area contributed by atoms with Crippen molar-refractivity contribution < 1.29 is 23.1 Å². The summed E-state index contributed by atoms with van der Waals surface area (Å²) in [5.41, 5.74) is 0. The van der Waals surface area contributed by atoms with Crippen LogP contribution in [0.2, 0.25) is 0 Å². The fourth-order valence-electron chi connectivity index (χ4n) is 2.36. The number of hydrogen-bond acceptors (Lipinski definition) is 5. The second-order valence-corrected chi connectivity index (χ2v) is 8.28. The maximum atomic E-state index is 11.7. The summed E-state index contributed by atoms with van der Waals surface area (Å²) >= 11 is 1.27. The molecule has 116 valence electrons. The molecular formula is C12H16N2O5S2. The summed E-state index contributed by atoms with van der Waals surface area (Å²) in [6.45, 7) is 4.04. The summed E-state index contributed by atoms with van der Waals surface area (Å²) in [5, 5.41) is 8.90. The van der Waals surface area contributed by atoms with E-state index >= 15 is 0 Å². The van der Waals surface area contributed by atoms with E-state index in [2.05, 4.69) is 11.6 Å². The number of fused-ring (bicyclic) bond motifs is 1. The van der Waals surface area contributed by atoms with Gasteiger partial charge in [0.05, 0.1) is 24.0 Å². The fourth-order valence-corrected chi connectivity index (χ4v) is 6.34. The smallest absolute Gasteiger partial charge is 0.303 e. The number of aliphatic imine (C=N–C) groups is 1. The fraction of sp³-hybridized carbons (Fsp3) is 0.583. The van der Waals surface area contributed by atoms with Crippen LogP contribution in [0.1, 0.15) is 12.8 Å². The van der Waals surface area contributed by atoms with E-state index in [1.54, 1.807) is 11.0 Å². The van der Waals surface area contributed by atoms with Gasteiger partial charge in [-0.1, -0.05) is 17.8 Å². The number of amidine groups is 1. The SMILES string of the molecule is C=CCN1C(=NC(=O)CCC(=O)O)S[C@H]2CS(=O)(=O)C[C@H]21. The molecule has 2 saturated heterocycles. The van der Waals surface area contributed by atoms with Crippen LogP contribution < -0.4 is 0 Å². The van der Waals surface area contributed by atoms with Crippen LogP contribution >= 0.6 is 11.8 Å². The third kappa shape index (κ3) is 3.85. The molecule has 2 fully saturated rings. The lowest BCUT2D eigenvalue weighted by atomic mass is 10.2.